The highest BCUT2D eigenvalue weighted by Gasteiger charge is 2.31. The van der Waals surface area contributed by atoms with Gasteiger partial charge in [-0.15, -0.1) is 0 Å². The highest BCUT2D eigenvalue weighted by Crippen LogP contribution is 2.26. The van der Waals surface area contributed by atoms with Gasteiger partial charge in [0.2, 0.25) is 5.91 Å². The van der Waals surface area contributed by atoms with Crippen LogP contribution in [0.1, 0.15) is 19.3 Å². The summed E-state index contributed by atoms with van der Waals surface area (Å²) >= 11 is 0. The molecule has 1 heterocycles. The molecular formula is C13H19N3O2. The van der Waals surface area contributed by atoms with E-state index in [9.17, 15) is 9.90 Å². The van der Waals surface area contributed by atoms with E-state index >= 15 is 0 Å². The first kappa shape index (κ1) is 12.8. The third kappa shape index (κ3) is 2.79. The molecule has 18 heavy (non-hydrogen) atoms. The molecule has 2 N–H and O–H groups in total. The van der Waals surface area contributed by atoms with Crippen LogP contribution in [-0.4, -0.2) is 36.2 Å². The molecule has 0 bridgehead atoms. The van der Waals surface area contributed by atoms with E-state index in [1.165, 1.54) is 0 Å². The van der Waals surface area contributed by atoms with Gasteiger partial charge in [-0.1, -0.05) is 0 Å². The molecule has 0 aliphatic heterocycles. The molecule has 1 saturated carbocycles. The molecule has 0 saturated heterocycles. The van der Waals surface area contributed by atoms with Crippen LogP contribution in [0.5, 0.6) is 0 Å². The maximum absolute atomic E-state index is 11.9. The van der Waals surface area contributed by atoms with Gasteiger partial charge < -0.3 is 15.3 Å². The van der Waals surface area contributed by atoms with Crippen LogP contribution in [-0.2, 0) is 4.79 Å². The Morgan fingerprint density at radius 2 is 2.22 bits per heavy atom. The Bertz CT molecular complexity index is 417. The molecule has 2 rings (SSSR count). The Kier molecular flexibility index (Phi) is 3.81. The summed E-state index contributed by atoms with van der Waals surface area (Å²) in [6.45, 7) is 0. The van der Waals surface area contributed by atoms with Crippen molar-refractivity contribution in [3.05, 3.63) is 18.3 Å². The number of pyridine rings is 1. The zero-order chi connectivity index (χ0) is 13.1. The number of anilines is 2. The molecule has 1 fully saturated rings. The zero-order valence-electron chi connectivity index (χ0n) is 10.8. The van der Waals surface area contributed by atoms with Crippen molar-refractivity contribution < 1.29 is 9.90 Å². The van der Waals surface area contributed by atoms with Crippen molar-refractivity contribution in [1.29, 1.82) is 0 Å². The van der Waals surface area contributed by atoms with E-state index in [4.69, 9.17) is 0 Å². The SMILES string of the molecule is CN(C)c1ccc(NC(=O)C2CCCC2O)nc1. The molecule has 2 atom stereocenters. The molecule has 5 heteroatoms. The van der Waals surface area contributed by atoms with Crippen molar-refractivity contribution >= 4 is 17.4 Å². The minimum absolute atomic E-state index is 0.134. The molecule has 1 amide bonds. The Balaban J connectivity index is 1.98. The molecule has 5 nitrogen and oxygen atoms in total. The minimum atomic E-state index is -0.508. The fourth-order valence-corrected chi connectivity index (χ4v) is 2.19. The van der Waals surface area contributed by atoms with Crippen molar-refractivity contribution in [3.8, 4) is 0 Å². The van der Waals surface area contributed by atoms with E-state index in [0.29, 0.717) is 12.2 Å². The number of nitrogens with zero attached hydrogens (tertiary/aromatic N) is 2. The molecule has 0 spiro atoms. The van der Waals surface area contributed by atoms with E-state index in [2.05, 4.69) is 10.3 Å². The number of hydrogen-bond donors (Lipinski definition) is 2. The summed E-state index contributed by atoms with van der Waals surface area (Å²) in [6.07, 6.45) is 3.58. The number of rotatable bonds is 3. The lowest BCUT2D eigenvalue weighted by Gasteiger charge is -2.15. The largest absolute Gasteiger partial charge is 0.392 e. The first-order chi connectivity index (χ1) is 8.58. The molecular weight excluding hydrogens is 230 g/mol. The summed E-state index contributed by atoms with van der Waals surface area (Å²) in [5.74, 6) is 0.107. The van der Waals surface area contributed by atoms with E-state index in [1.807, 2.05) is 25.1 Å². The van der Waals surface area contributed by atoms with Gasteiger partial charge in [-0.3, -0.25) is 4.79 Å². The van der Waals surface area contributed by atoms with Crippen LogP contribution in [0.15, 0.2) is 18.3 Å². The predicted octanol–water partition coefficient (Wildman–Crippen LogP) is 1.25. The van der Waals surface area contributed by atoms with Crippen molar-refractivity contribution in [2.45, 2.75) is 25.4 Å². The van der Waals surface area contributed by atoms with E-state index < -0.39 is 6.10 Å². The average molecular weight is 249 g/mol. The maximum Gasteiger partial charge on any atom is 0.231 e. The summed E-state index contributed by atoms with van der Waals surface area (Å²) in [7, 11) is 3.87. The first-order valence-electron chi connectivity index (χ1n) is 6.20. The van der Waals surface area contributed by atoms with Crippen LogP contribution >= 0.6 is 0 Å². The second kappa shape index (κ2) is 5.35. The third-order valence-corrected chi connectivity index (χ3v) is 3.33. The topological polar surface area (TPSA) is 65.5 Å². The Morgan fingerprint density at radius 3 is 2.72 bits per heavy atom. The molecule has 98 valence electrons. The van der Waals surface area contributed by atoms with Crippen LogP contribution in [0, 0.1) is 5.92 Å². The monoisotopic (exact) mass is 249 g/mol. The quantitative estimate of drug-likeness (QED) is 0.846. The zero-order valence-corrected chi connectivity index (χ0v) is 10.8. The van der Waals surface area contributed by atoms with Gasteiger partial charge in [-0.2, -0.15) is 0 Å². The van der Waals surface area contributed by atoms with Crippen LogP contribution in [0.2, 0.25) is 0 Å². The molecule has 0 radical (unpaired) electrons. The van der Waals surface area contributed by atoms with Gasteiger partial charge in [0.1, 0.15) is 5.82 Å². The smallest absolute Gasteiger partial charge is 0.231 e. The minimum Gasteiger partial charge on any atom is -0.392 e. The van der Waals surface area contributed by atoms with E-state index in [1.54, 1.807) is 12.3 Å². The Labute approximate surface area is 107 Å². The highest BCUT2D eigenvalue weighted by atomic mass is 16.3. The van der Waals surface area contributed by atoms with Gasteiger partial charge in [-0.25, -0.2) is 4.98 Å². The van der Waals surface area contributed by atoms with Crippen molar-refractivity contribution in [3.63, 3.8) is 0 Å². The number of carbonyl (C=O) groups excluding carboxylic acids is 1. The lowest BCUT2D eigenvalue weighted by molar-refractivity contribution is -0.122. The van der Waals surface area contributed by atoms with Gasteiger partial charge in [0.15, 0.2) is 0 Å². The lowest BCUT2D eigenvalue weighted by atomic mass is 10.1. The number of aliphatic hydroxyl groups is 1. The normalized spacial score (nSPS) is 22.8. The maximum atomic E-state index is 11.9. The first-order valence-corrected chi connectivity index (χ1v) is 6.20. The molecule has 0 aromatic carbocycles. The fraction of sp³-hybridized carbons (Fsp3) is 0.538. The van der Waals surface area contributed by atoms with Crippen molar-refractivity contribution in [2.24, 2.45) is 5.92 Å². The van der Waals surface area contributed by atoms with Crippen LogP contribution < -0.4 is 10.2 Å². The Morgan fingerprint density at radius 1 is 1.44 bits per heavy atom. The fourth-order valence-electron chi connectivity index (χ4n) is 2.19. The Hall–Kier alpha value is -1.62. The summed E-state index contributed by atoms with van der Waals surface area (Å²) < 4.78 is 0. The van der Waals surface area contributed by atoms with Crippen LogP contribution in [0.3, 0.4) is 0 Å². The number of hydrogen-bond acceptors (Lipinski definition) is 4. The summed E-state index contributed by atoms with van der Waals surface area (Å²) in [6, 6.07) is 3.67. The van der Waals surface area contributed by atoms with Crippen molar-refractivity contribution in [2.75, 3.05) is 24.3 Å². The lowest BCUT2D eigenvalue weighted by Crippen LogP contribution is -2.29. The van der Waals surface area contributed by atoms with Gasteiger partial charge in [0.25, 0.3) is 0 Å². The molecule has 1 aromatic rings. The van der Waals surface area contributed by atoms with E-state index in [0.717, 1.165) is 18.5 Å². The summed E-state index contributed by atoms with van der Waals surface area (Å²) in [4.78, 5) is 18.0. The van der Waals surface area contributed by atoms with Gasteiger partial charge in [0.05, 0.1) is 23.9 Å². The molecule has 1 aromatic heterocycles. The number of carbonyl (C=O) groups is 1. The van der Waals surface area contributed by atoms with Crippen LogP contribution in [0.25, 0.3) is 0 Å². The number of aromatic nitrogens is 1. The molecule has 1 aliphatic rings. The second-order valence-electron chi connectivity index (χ2n) is 4.89. The number of nitrogens with one attached hydrogen (secondary N) is 1. The van der Waals surface area contributed by atoms with Gasteiger partial charge in [-0.05, 0) is 31.4 Å². The third-order valence-electron chi connectivity index (χ3n) is 3.33. The van der Waals surface area contributed by atoms with Gasteiger partial charge >= 0.3 is 0 Å². The van der Waals surface area contributed by atoms with Crippen LogP contribution in [0.4, 0.5) is 11.5 Å². The summed E-state index contributed by atoms with van der Waals surface area (Å²) in [5.41, 5.74) is 0.980. The van der Waals surface area contributed by atoms with E-state index in [-0.39, 0.29) is 11.8 Å². The average Bonchev–Trinajstić information content (AvgIpc) is 2.76. The number of amides is 1. The molecule has 2 unspecified atom stereocenters. The summed E-state index contributed by atoms with van der Waals surface area (Å²) in [5, 5.41) is 12.4. The van der Waals surface area contributed by atoms with Gasteiger partial charge in [0, 0.05) is 14.1 Å². The second-order valence-corrected chi connectivity index (χ2v) is 4.89. The predicted molar refractivity (Wildman–Crippen MR) is 70.5 cm³/mol. The highest BCUT2D eigenvalue weighted by molar-refractivity contribution is 5.92. The number of aliphatic hydroxyl groups excluding tert-OH is 1. The van der Waals surface area contributed by atoms with Crippen molar-refractivity contribution in [1.82, 2.24) is 4.98 Å². The standard InChI is InChI=1S/C13H19N3O2/c1-16(2)9-6-7-12(14-8-9)15-13(18)10-4-3-5-11(10)17/h6-8,10-11,17H,3-5H2,1-2H3,(H,14,15,18). The molecule has 1 aliphatic carbocycles.